The molecule has 0 saturated carbocycles. The van der Waals surface area contributed by atoms with Crippen LogP contribution in [0.2, 0.25) is 0 Å². The Morgan fingerprint density at radius 3 is 2.56 bits per heavy atom. The van der Waals surface area contributed by atoms with Crippen molar-refractivity contribution in [2.24, 2.45) is 11.1 Å². The van der Waals surface area contributed by atoms with Crippen LogP contribution in [0.1, 0.15) is 26.3 Å². The summed E-state index contributed by atoms with van der Waals surface area (Å²) >= 11 is 0. The van der Waals surface area contributed by atoms with Gasteiger partial charge in [-0.05, 0) is 23.5 Å². The van der Waals surface area contributed by atoms with E-state index in [0.717, 1.165) is 18.7 Å². The number of anilines is 1. The van der Waals surface area contributed by atoms with Gasteiger partial charge >= 0.3 is 0 Å². The Balaban J connectivity index is 0.00000162. The lowest BCUT2D eigenvalue weighted by Crippen LogP contribution is -2.50. The average molecular weight is 269 g/mol. The molecular formula is C14H21ClN2O. The molecule has 1 heterocycles. The molecule has 18 heavy (non-hydrogen) atoms. The number of carbonyl (C=O) groups excluding carboxylic acids is 1. The highest BCUT2D eigenvalue weighted by atomic mass is 35.5. The van der Waals surface area contributed by atoms with E-state index in [2.05, 4.69) is 6.07 Å². The third kappa shape index (κ3) is 2.68. The monoisotopic (exact) mass is 268 g/mol. The molecule has 100 valence electrons. The van der Waals surface area contributed by atoms with Crippen molar-refractivity contribution < 1.29 is 4.79 Å². The van der Waals surface area contributed by atoms with Crippen molar-refractivity contribution in [3.05, 3.63) is 29.8 Å². The largest absolute Gasteiger partial charge is 0.319 e. The van der Waals surface area contributed by atoms with Gasteiger partial charge in [-0.15, -0.1) is 12.4 Å². The molecule has 1 aromatic carbocycles. The number of benzene rings is 1. The molecule has 0 spiro atoms. The maximum absolute atomic E-state index is 12.4. The molecule has 0 saturated heterocycles. The Labute approximate surface area is 115 Å². The summed E-state index contributed by atoms with van der Waals surface area (Å²) in [4.78, 5) is 14.2. The molecule has 0 aromatic heterocycles. The lowest BCUT2D eigenvalue weighted by Gasteiger charge is -2.30. The molecule has 3 nitrogen and oxygen atoms in total. The third-order valence-electron chi connectivity index (χ3n) is 3.35. The fourth-order valence-electron chi connectivity index (χ4n) is 2.11. The summed E-state index contributed by atoms with van der Waals surface area (Å²) in [5, 5.41) is 0. The van der Waals surface area contributed by atoms with Crippen molar-refractivity contribution in [2.75, 3.05) is 11.4 Å². The fourth-order valence-corrected chi connectivity index (χ4v) is 2.11. The molecule has 0 radical (unpaired) electrons. The summed E-state index contributed by atoms with van der Waals surface area (Å²) in [5.74, 6) is 0.0300. The average Bonchev–Trinajstić information content (AvgIpc) is 2.69. The number of halogens is 1. The first-order chi connectivity index (χ1) is 7.91. The number of amides is 1. The van der Waals surface area contributed by atoms with Crippen molar-refractivity contribution in [1.82, 2.24) is 0 Å². The van der Waals surface area contributed by atoms with E-state index in [1.807, 2.05) is 43.9 Å². The number of hydrogen-bond acceptors (Lipinski definition) is 2. The minimum Gasteiger partial charge on any atom is -0.319 e. The van der Waals surface area contributed by atoms with Gasteiger partial charge < -0.3 is 10.6 Å². The number of rotatable bonds is 1. The zero-order chi connectivity index (χ0) is 12.6. The number of fused-ring (bicyclic) bond motifs is 1. The second-order valence-corrected chi connectivity index (χ2v) is 5.71. The van der Waals surface area contributed by atoms with Gasteiger partial charge in [-0.3, -0.25) is 4.79 Å². The minimum absolute atomic E-state index is 0. The third-order valence-corrected chi connectivity index (χ3v) is 3.35. The predicted molar refractivity (Wildman–Crippen MR) is 77.2 cm³/mol. The van der Waals surface area contributed by atoms with E-state index in [1.54, 1.807) is 0 Å². The van der Waals surface area contributed by atoms with E-state index in [9.17, 15) is 4.79 Å². The van der Waals surface area contributed by atoms with Crippen LogP contribution in [0.4, 0.5) is 5.69 Å². The highest BCUT2D eigenvalue weighted by Gasteiger charge is 2.34. The zero-order valence-electron chi connectivity index (χ0n) is 11.1. The second-order valence-electron chi connectivity index (χ2n) is 5.71. The predicted octanol–water partition coefficient (Wildman–Crippen LogP) is 2.37. The van der Waals surface area contributed by atoms with E-state index in [4.69, 9.17) is 5.73 Å². The van der Waals surface area contributed by atoms with Gasteiger partial charge in [0.2, 0.25) is 5.91 Å². The van der Waals surface area contributed by atoms with Crippen LogP contribution in [0, 0.1) is 5.41 Å². The van der Waals surface area contributed by atoms with Gasteiger partial charge in [-0.2, -0.15) is 0 Å². The van der Waals surface area contributed by atoms with Crippen LogP contribution in [-0.2, 0) is 11.2 Å². The summed E-state index contributed by atoms with van der Waals surface area (Å²) in [6.45, 7) is 6.74. The van der Waals surface area contributed by atoms with Gasteiger partial charge in [-0.25, -0.2) is 0 Å². The molecule has 0 fully saturated rings. The second kappa shape index (κ2) is 5.29. The Morgan fingerprint density at radius 1 is 1.33 bits per heavy atom. The molecule has 0 unspecified atom stereocenters. The molecule has 2 N–H and O–H groups in total. The smallest absolute Gasteiger partial charge is 0.244 e. The maximum atomic E-state index is 12.4. The summed E-state index contributed by atoms with van der Waals surface area (Å²) in [6.07, 6.45) is 0.929. The first kappa shape index (κ1) is 15.0. The first-order valence-corrected chi connectivity index (χ1v) is 6.06. The van der Waals surface area contributed by atoms with Gasteiger partial charge in [0.25, 0.3) is 0 Å². The zero-order valence-corrected chi connectivity index (χ0v) is 12.0. The van der Waals surface area contributed by atoms with Crippen LogP contribution in [0.15, 0.2) is 24.3 Å². The number of nitrogens with two attached hydrogens (primary N) is 1. The van der Waals surface area contributed by atoms with Crippen molar-refractivity contribution in [2.45, 2.75) is 33.2 Å². The highest BCUT2D eigenvalue weighted by Crippen LogP contribution is 2.29. The molecule has 4 heteroatoms. The van der Waals surface area contributed by atoms with Crippen molar-refractivity contribution >= 4 is 24.0 Å². The van der Waals surface area contributed by atoms with Gasteiger partial charge in [-0.1, -0.05) is 39.0 Å². The summed E-state index contributed by atoms with van der Waals surface area (Å²) in [7, 11) is 0. The molecule has 1 atom stereocenters. The Kier molecular flexibility index (Phi) is 4.41. The molecule has 1 aromatic rings. The number of nitrogens with zero attached hydrogens (tertiary/aromatic N) is 1. The minimum atomic E-state index is -0.450. The van der Waals surface area contributed by atoms with E-state index < -0.39 is 6.04 Å². The molecular weight excluding hydrogens is 248 g/mol. The lowest BCUT2D eigenvalue weighted by molar-refractivity contribution is -0.121. The Hall–Kier alpha value is -1.06. The van der Waals surface area contributed by atoms with E-state index in [0.29, 0.717) is 0 Å². The van der Waals surface area contributed by atoms with Gasteiger partial charge in [0.05, 0.1) is 6.04 Å². The van der Waals surface area contributed by atoms with Crippen molar-refractivity contribution in [3.63, 3.8) is 0 Å². The van der Waals surface area contributed by atoms with E-state index >= 15 is 0 Å². The summed E-state index contributed by atoms with van der Waals surface area (Å²) < 4.78 is 0. The van der Waals surface area contributed by atoms with Gasteiger partial charge in [0.15, 0.2) is 0 Å². The molecule has 1 aliphatic heterocycles. The van der Waals surface area contributed by atoms with Gasteiger partial charge in [0, 0.05) is 12.2 Å². The molecule has 1 aliphatic rings. The molecule has 0 bridgehead atoms. The summed E-state index contributed by atoms with van der Waals surface area (Å²) in [6, 6.07) is 7.60. The number of carbonyl (C=O) groups is 1. The standard InChI is InChI=1S/C14H20N2O.ClH/c1-14(2,3)12(15)13(17)16-9-8-10-6-4-5-7-11(10)16;/h4-7,12H,8-9,15H2,1-3H3;1H/t12-;/m1./s1. The van der Waals surface area contributed by atoms with Crippen LogP contribution in [0.3, 0.4) is 0 Å². The summed E-state index contributed by atoms with van der Waals surface area (Å²) in [5.41, 5.74) is 8.10. The van der Waals surface area contributed by atoms with Gasteiger partial charge in [0.1, 0.15) is 0 Å². The first-order valence-electron chi connectivity index (χ1n) is 6.06. The molecule has 1 amide bonds. The molecule has 2 rings (SSSR count). The van der Waals surface area contributed by atoms with Crippen LogP contribution in [-0.4, -0.2) is 18.5 Å². The van der Waals surface area contributed by atoms with E-state index in [1.165, 1.54) is 5.56 Å². The van der Waals surface area contributed by atoms with E-state index in [-0.39, 0.29) is 23.7 Å². The van der Waals surface area contributed by atoms with Crippen LogP contribution in [0.5, 0.6) is 0 Å². The topological polar surface area (TPSA) is 46.3 Å². The fraction of sp³-hybridized carbons (Fsp3) is 0.500. The normalized spacial score (nSPS) is 15.9. The number of para-hydroxylation sites is 1. The SMILES string of the molecule is CC(C)(C)[C@H](N)C(=O)N1CCc2ccccc21.Cl. The number of hydrogen-bond donors (Lipinski definition) is 1. The van der Waals surface area contributed by atoms with Crippen LogP contribution >= 0.6 is 12.4 Å². The lowest BCUT2D eigenvalue weighted by atomic mass is 9.86. The Morgan fingerprint density at radius 2 is 1.94 bits per heavy atom. The Bertz CT molecular complexity index is 440. The highest BCUT2D eigenvalue weighted by molar-refractivity contribution is 5.99. The van der Waals surface area contributed by atoms with Crippen LogP contribution in [0.25, 0.3) is 0 Å². The van der Waals surface area contributed by atoms with Crippen LogP contribution < -0.4 is 10.6 Å². The maximum Gasteiger partial charge on any atom is 0.244 e. The van der Waals surface area contributed by atoms with Crippen molar-refractivity contribution in [3.8, 4) is 0 Å². The quantitative estimate of drug-likeness (QED) is 0.850. The molecule has 0 aliphatic carbocycles. The van der Waals surface area contributed by atoms with Crippen molar-refractivity contribution in [1.29, 1.82) is 0 Å².